The average Bonchev–Trinajstić information content (AvgIpc) is 3.26. The van der Waals surface area contributed by atoms with Gasteiger partial charge in [-0.2, -0.15) is 0 Å². The highest BCUT2D eigenvalue weighted by atomic mass is 19.1. The highest BCUT2D eigenvalue weighted by molar-refractivity contribution is 5.78. The predicted octanol–water partition coefficient (Wildman–Crippen LogP) is 4.43. The Kier molecular flexibility index (Phi) is 6.85. The van der Waals surface area contributed by atoms with E-state index < -0.39 is 0 Å². The number of guanidine groups is 1. The quantitative estimate of drug-likeness (QED) is 0.441. The van der Waals surface area contributed by atoms with E-state index in [2.05, 4.69) is 15.0 Å². The fraction of sp³-hybridized carbons (Fsp3) is 0.360. The lowest BCUT2D eigenvalue weighted by Crippen LogP contribution is -2.40. The molecule has 6 nitrogen and oxygen atoms in total. The summed E-state index contributed by atoms with van der Waals surface area (Å²) in [5.74, 6) is 0.417. The zero-order chi connectivity index (χ0) is 22.5. The maximum atomic E-state index is 14.9. The third-order valence-corrected chi connectivity index (χ3v) is 6.11. The molecule has 2 heterocycles. The van der Waals surface area contributed by atoms with Gasteiger partial charge in [0.2, 0.25) is 0 Å². The first kappa shape index (κ1) is 22.0. The molecule has 7 heteroatoms. The van der Waals surface area contributed by atoms with Gasteiger partial charge in [-0.15, -0.1) is 0 Å². The lowest BCUT2D eigenvalue weighted by molar-refractivity contribution is 0.276. The summed E-state index contributed by atoms with van der Waals surface area (Å²) in [5.41, 5.74) is 9.43. The summed E-state index contributed by atoms with van der Waals surface area (Å²) in [4.78, 5) is 6.52. The first-order chi connectivity index (χ1) is 15.6. The van der Waals surface area contributed by atoms with Crippen molar-refractivity contribution in [1.82, 2.24) is 10.1 Å². The number of likely N-dealkylation sites (tertiary alicyclic amines) is 1. The van der Waals surface area contributed by atoms with Crippen LogP contribution in [-0.4, -0.2) is 34.2 Å². The van der Waals surface area contributed by atoms with Gasteiger partial charge in [0, 0.05) is 30.1 Å². The molecule has 0 aliphatic carbocycles. The summed E-state index contributed by atoms with van der Waals surface area (Å²) in [6, 6.07) is 14.6. The predicted molar refractivity (Wildman–Crippen MR) is 123 cm³/mol. The molecule has 1 aliphatic heterocycles. The zero-order valence-electron chi connectivity index (χ0n) is 18.3. The van der Waals surface area contributed by atoms with Crippen LogP contribution in [0.1, 0.15) is 54.7 Å². The van der Waals surface area contributed by atoms with Gasteiger partial charge >= 0.3 is 0 Å². The van der Waals surface area contributed by atoms with Crippen molar-refractivity contribution in [1.29, 1.82) is 0 Å². The number of hydrogen-bond acceptors (Lipinski definition) is 4. The zero-order valence-corrected chi connectivity index (χ0v) is 18.3. The van der Waals surface area contributed by atoms with Gasteiger partial charge in [-0.25, -0.2) is 9.38 Å². The first-order valence-corrected chi connectivity index (χ1v) is 11.1. The molecule has 32 heavy (non-hydrogen) atoms. The second kappa shape index (κ2) is 9.96. The number of nitrogens with two attached hydrogens (primary N) is 1. The Balaban J connectivity index is 1.53. The number of aliphatic hydroxyl groups excluding tert-OH is 1. The molecule has 168 valence electrons. The normalized spacial score (nSPS) is 15.7. The molecule has 2 aromatic carbocycles. The van der Waals surface area contributed by atoms with Crippen LogP contribution in [-0.2, 0) is 13.2 Å². The van der Waals surface area contributed by atoms with E-state index in [4.69, 9.17) is 10.3 Å². The fourth-order valence-electron chi connectivity index (χ4n) is 4.18. The number of aliphatic imine (C=N–C) groups is 1. The molecule has 0 saturated carbocycles. The SMILES string of the molecule is CC(c1ccc(-c2ccccc2)c(F)c1)c1noc(CN=C(N)N2CCCCC2)c1CO. The lowest BCUT2D eigenvalue weighted by atomic mass is 9.92. The number of halogens is 1. The van der Waals surface area contributed by atoms with Crippen LogP contribution >= 0.6 is 0 Å². The number of hydrogen-bond donors (Lipinski definition) is 2. The molecule has 1 aliphatic rings. The van der Waals surface area contributed by atoms with E-state index in [0.29, 0.717) is 28.5 Å². The minimum absolute atomic E-state index is 0.208. The Bertz CT molecular complexity index is 1070. The molecule has 3 N–H and O–H groups in total. The Morgan fingerprint density at radius 2 is 1.94 bits per heavy atom. The maximum absolute atomic E-state index is 14.9. The second-order valence-electron chi connectivity index (χ2n) is 8.18. The van der Waals surface area contributed by atoms with Gasteiger partial charge in [0.1, 0.15) is 12.4 Å². The van der Waals surface area contributed by atoms with Crippen LogP contribution in [0.2, 0.25) is 0 Å². The minimum atomic E-state index is -0.297. The van der Waals surface area contributed by atoms with E-state index in [9.17, 15) is 9.50 Å². The molecule has 3 aromatic rings. The molecule has 4 rings (SSSR count). The molecule has 0 spiro atoms. The average molecular weight is 437 g/mol. The van der Waals surface area contributed by atoms with Crippen molar-refractivity contribution in [3.63, 3.8) is 0 Å². The van der Waals surface area contributed by atoms with E-state index >= 15 is 0 Å². The van der Waals surface area contributed by atoms with Crippen molar-refractivity contribution in [2.24, 2.45) is 10.7 Å². The second-order valence-corrected chi connectivity index (χ2v) is 8.18. The summed E-state index contributed by atoms with van der Waals surface area (Å²) in [6.45, 7) is 3.71. The topological polar surface area (TPSA) is 87.9 Å². The smallest absolute Gasteiger partial charge is 0.191 e. The van der Waals surface area contributed by atoms with E-state index in [-0.39, 0.29) is 24.9 Å². The first-order valence-electron chi connectivity index (χ1n) is 11.1. The Hall–Kier alpha value is -3.19. The number of nitrogens with zero attached hydrogens (tertiary/aromatic N) is 3. The van der Waals surface area contributed by atoms with Crippen molar-refractivity contribution in [2.75, 3.05) is 13.1 Å². The van der Waals surface area contributed by atoms with Gasteiger partial charge in [0.05, 0.1) is 12.3 Å². The number of aliphatic hydroxyl groups is 1. The molecule has 1 unspecified atom stereocenters. The monoisotopic (exact) mass is 436 g/mol. The molecule has 0 amide bonds. The van der Waals surface area contributed by atoms with Gasteiger partial charge in [-0.05, 0) is 36.5 Å². The lowest BCUT2D eigenvalue weighted by Gasteiger charge is -2.27. The van der Waals surface area contributed by atoms with Gasteiger partial charge < -0.3 is 20.3 Å². The minimum Gasteiger partial charge on any atom is -0.391 e. The number of piperidine rings is 1. The van der Waals surface area contributed by atoms with Crippen molar-refractivity contribution in [3.05, 3.63) is 76.9 Å². The largest absolute Gasteiger partial charge is 0.391 e. The van der Waals surface area contributed by atoms with Crippen molar-refractivity contribution in [2.45, 2.75) is 45.3 Å². The van der Waals surface area contributed by atoms with E-state index in [0.717, 1.165) is 37.1 Å². The molecule has 1 aromatic heterocycles. The summed E-state index contributed by atoms with van der Waals surface area (Å²) in [6.07, 6.45) is 3.44. The van der Waals surface area contributed by atoms with Gasteiger partial charge in [-0.3, -0.25) is 0 Å². The summed E-state index contributed by atoms with van der Waals surface area (Å²) in [5, 5.41) is 14.2. The molecule has 1 saturated heterocycles. The van der Waals surface area contributed by atoms with Gasteiger partial charge in [0.25, 0.3) is 0 Å². The van der Waals surface area contributed by atoms with Crippen LogP contribution in [0.5, 0.6) is 0 Å². The Morgan fingerprint density at radius 3 is 2.62 bits per heavy atom. The molecular formula is C25H29FN4O2. The third-order valence-electron chi connectivity index (χ3n) is 6.11. The molecule has 1 fully saturated rings. The highest BCUT2D eigenvalue weighted by Crippen LogP contribution is 2.31. The van der Waals surface area contributed by atoms with Gasteiger partial charge in [0.15, 0.2) is 11.7 Å². The van der Waals surface area contributed by atoms with E-state index in [1.54, 1.807) is 6.07 Å². The van der Waals surface area contributed by atoms with E-state index in [1.807, 2.05) is 43.3 Å². The van der Waals surface area contributed by atoms with Crippen LogP contribution in [0.15, 0.2) is 58.0 Å². The summed E-state index contributed by atoms with van der Waals surface area (Å²) in [7, 11) is 0. The highest BCUT2D eigenvalue weighted by Gasteiger charge is 2.23. The third kappa shape index (κ3) is 4.67. The van der Waals surface area contributed by atoms with Crippen molar-refractivity contribution >= 4 is 5.96 Å². The molecule has 0 bridgehead atoms. The van der Waals surface area contributed by atoms with E-state index in [1.165, 1.54) is 12.5 Å². The number of aromatic nitrogens is 1. The van der Waals surface area contributed by atoms with Gasteiger partial charge in [-0.1, -0.05) is 54.5 Å². The molecule has 0 radical (unpaired) electrons. The molecule has 1 atom stereocenters. The Labute approximate surface area is 187 Å². The van der Waals surface area contributed by atoms with Crippen molar-refractivity contribution in [3.8, 4) is 11.1 Å². The fourth-order valence-corrected chi connectivity index (χ4v) is 4.18. The molecular weight excluding hydrogens is 407 g/mol. The van der Waals surface area contributed by atoms with Crippen LogP contribution < -0.4 is 5.73 Å². The van der Waals surface area contributed by atoms with Crippen LogP contribution in [0, 0.1) is 5.82 Å². The Morgan fingerprint density at radius 1 is 1.19 bits per heavy atom. The summed E-state index contributed by atoms with van der Waals surface area (Å²) < 4.78 is 20.4. The van der Waals surface area contributed by atoms with Crippen LogP contribution in [0.3, 0.4) is 0 Å². The van der Waals surface area contributed by atoms with Crippen LogP contribution in [0.25, 0.3) is 11.1 Å². The summed E-state index contributed by atoms with van der Waals surface area (Å²) >= 11 is 0. The number of rotatable bonds is 6. The maximum Gasteiger partial charge on any atom is 0.191 e. The standard InChI is InChI=1S/C25H29FN4O2/c1-17(19-10-11-20(22(26)14-19)18-8-4-2-5-9-18)24-21(16-31)23(32-29-24)15-28-25(27)30-12-6-3-7-13-30/h2,4-5,8-11,14,17,31H,3,6-7,12-13,15-16H2,1H3,(H2,27,28). The number of benzene rings is 2. The van der Waals surface area contributed by atoms with Crippen LogP contribution in [0.4, 0.5) is 4.39 Å². The van der Waals surface area contributed by atoms with Crippen molar-refractivity contribution < 1.29 is 14.0 Å².